The second kappa shape index (κ2) is 5.25. The van der Waals surface area contributed by atoms with Gasteiger partial charge in [0.2, 0.25) is 0 Å². The van der Waals surface area contributed by atoms with E-state index in [4.69, 9.17) is 4.74 Å². The lowest BCUT2D eigenvalue weighted by atomic mass is 9.92. The fourth-order valence-electron chi connectivity index (χ4n) is 1.56. The molecule has 1 rings (SSSR count). The molecule has 0 spiro atoms. The van der Waals surface area contributed by atoms with E-state index < -0.39 is 0 Å². The van der Waals surface area contributed by atoms with Crippen molar-refractivity contribution in [3.63, 3.8) is 0 Å². The molecule has 0 saturated carbocycles. The number of carbonyl (C=O) groups excluding carboxylic acids is 1. The lowest BCUT2D eigenvalue weighted by Gasteiger charge is -2.19. The summed E-state index contributed by atoms with van der Waals surface area (Å²) in [6, 6.07) is 1.88. The van der Waals surface area contributed by atoms with Gasteiger partial charge in [-0.15, -0.1) is 0 Å². The second-order valence-corrected chi connectivity index (χ2v) is 5.03. The molecule has 4 heteroatoms. The van der Waals surface area contributed by atoms with E-state index >= 15 is 0 Å². The molecule has 1 heterocycles. The summed E-state index contributed by atoms with van der Waals surface area (Å²) in [5.41, 5.74) is 0.886. The maximum Gasteiger partial charge on any atom is 0.316 e. The third-order valence-electron chi connectivity index (χ3n) is 2.65. The van der Waals surface area contributed by atoms with Gasteiger partial charge in [0.15, 0.2) is 0 Å². The Morgan fingerprint density at radius 3 is 2.59 bits per heavy atom. The van der Waals surface area contributed by atoms with Crippen LogP contribution >= 0.6 is 0 Å². The molecular weight excluding hydrogens is 216 g/mol. The van der Waals surface area contributed by atoms with E-state index in [0.717, 1.165) is 5.69 Å². The number of carbonyl (C=O) groups is 1. The molecule has 0 aliphatic rings. The van der Waals surface area contributed by atoms with E-state index in [2.05, 4.69) is 30.7 Å². The molecule has 0 aliphatic heterocycles. The molecule has 17 heavy (non-hydrogen) atoms. The highest BCUT2D eigenvalue weighted by atomic mass is 16.5. The summed E-state index contributed by atoms with van der Waals surface area (Å²) in [7, 11) is 1.39. The van der Waals surface area contributed by atoms with E-state index in [1.165, 1.54) is 7.11 Å². The second-order valence-electron chi connectivity index (χ2n) is 5.03. The smallest absolute Gasteiger partial charge is 0.316 e. The topological polar surface area (TPSA) is 52.1 Å². The standard InChI is InChI=1S/C13H20N2O2/c1-6-9(12(16)17-5)11-14-8-7-10(15-11)13(2,3)4/h7-9H,6H2,1-5H3. The summed E-state index contributed by atoms with van der Waals surface area (Å²) >= 11 is 0. The first-order valence-corrected chi connectivity index (χ1v) is 5.81. The minimum atomic E-state index is -0.373. The van der Waals surface area contributed by atoms with Gasteiger partial charge in [0.25, 0.3) is 0 Å². The average Bonchev–Trinajstić information content (AvgIpc) is 2.29. The molecule has 1 aromatic heterocycles. The monoisotopic (exact) mass is 236 g/mol. The molecule has 0 aromatic carbocycles. The summed E-state index contributed by atoms with van der Waals surface area (Å²) in [4.78, 5) is 20.3. The third-order valence-corrected chi connectivity index (χ3v) is 2.65. The van der Waals surface area contributed by atoms with Crippen molar-refractivity contribution >= 4 is 5.97 Å². The third kappa shape index (κ3) is 3.25. The molecule has 0 saturated heterocycles. The summed E-state index contributed by atoms with van der Waals surface area (Å²) in [5.74, 6) is -0.104. The predicted molar refractivity (Wildman–Crippen MR) is 65.8 cm³/mol. The highest BCUT2D eigenvalue weighted by Crippen LogP contribution is 2.23. The maximum absolute atomic E-state index is 11.6. The van der Waals surface area contributed by atoms with Crippen LogP contribution in [-0.4, -0.2) is 23.0 Å². The van der Waals surface area contributed by atoms with Crippen LogP contribution in [0.5, 0.6) is 0 Å². The van der Waals surface area contributed by atoms with Gasteiger partial charge in [-0.25, -0.2) is 9.97 Å². The molecule has 0 fully saturated rings. The van der Waals surface area contributed by atoms with Crippen LogP contribution in [0.1, 0.15) is 51.6 Å². The molecule has 0 amide bonds. The van der Waals surface area contributed by atoms with Crippen LogP contribution < -0.4 is 0 Å². The zero-order chi connectivity index (χ0) is 13.1. The average molecular weight is 236 g/mol. The quantitative estimate of drug-likeness (QED) is 0.756. The van der Waals surface area contributed by atoms with Crippen molar-refractivity contribution in [2.24, 2.45) is 0 Å². The van der Waals surface area contributed by atoms with Crippen molar-refractivity contribution in [1.82, 2.24) is 9.97 Å². The van der Waals surface area contributed by atoms with Crippen molar-refractivity contribution < 1.29 is 9.53 Å². The van der Waals surface area contributed by atoms with E-state index in [9.17, 15) is 4.79 Å². The summed E-state index contributed by atoms with van der Waals surface area (Å²) in [5, 5.41) is 0. The zero-order valence-electron chi connectivity index (χ0n) is 11.2. The largest absolute Gasteiger partial charge is 0.468 e. The fourth-order valence-corrected chi connectivity index (χ4v) is 1.56. The molecule has 0 radical (unpaired) electrons. The molecule has 1 aromatic rings. The number of hydrogen-bond donors (Lipinski definition) is 0. The van der Waals surface area contributed by atoms with Crippen molar-refractivity contribution in [2.45, 2.75) is 45.4 Å². The maximum atomic E-state index is 11.6. The summed E-state index contributed by atoms with van der Waals surface area (Å²) in [6.45, 7) is 8.17. The van der Waals surface area contributed by atoms with Crippen molar-refractivity contribution in [1.29, 1.82) is 0 Å². The van der Waals surface area contributed by atoms with Crippen LogP contribution in [0.3, 0.4) is 0 Å². The van der Waals surface area contributed by atoms with Gasteiger partial charge in [-0.2, -0.15) is 0 Å². The van der Waals surface area contributed by atoms with Crippen LogP contribution in [-0.2, 0) is 14.9 Å². The van der Waals surface area contributed by atoms with Gasteiger partial charge in [0.1, 0.15) is 11.7 Å². The number of hydrogen-bond acceptors (Lipinski definition) is 4. The van der Waals surface area contributed by atoms with Crippen LogP contribution in [0, 0.1) is 0 Å². The van der Waals surface area contributed by atoms with E-state index in [-0.39, 0.29) is 17.3 Å². The number of aromatic nitrogens is 2. The summed E-state index contributed by atoms with van der Waals surface area (Å²) in [6.07, 6.45) is 2.34. The van der Waals surface area contributed by atoms with Crippen LogP contribution in [0.15, 0.2) is 12.3 Å². The van der Waals surface area contributed by atoms with Gasteiger partial charge in [0, 0.05) is 17.3 Å². The Morgan fingerprint density at radius 2 is 2.12 bits per heavy atom. The van der Waals surface area contributed by atoms with E-state index in [0.29, 0.717) is 12.2 Å². The van der Waals surface area contributed by atoms with Gasteiger partial charge in [-0.05, 0) is 12.5 Å². The van der Waals surface area contributed by atoms with Crippen molar-refractivity contribution in [3.05, 3.63) is 23.8 Å². The number of nitrogens with zero attached hydrogens (tertiary/aromatic N) is 2. The van der Waals surface area contributed by atoms with Gasteiger partial charge < -0.3 is 4.74 Å². The zero-order valence-corrected chi connectivity index (χ0v) is 11.2. The first kappa shape index (κ1) is 13.6. The van der Waals surface area contributed by atoms with E-state index in [1.54, 1.807) is 6.20 Å². The number of methoxy groups -OCH3 is 1. The minimum absolute atomic E-state index is 0.0495. The molecule has 0 N–H and O–H groups in total. The van der Waals surface area contributed by atoms with Crippen LogP contribution in [0.2, 0.25) is 0 Å². The van der Waals surface area contributed by atoms with Gasteiger partial charge in [-0.1, -0.05) is 27.7 Å². The lowest BCUT2D eigenvalue weighted by molar-refractivity contribution is -0.142. The number of esters is 1. The SMILES string of the molecule is CCC(C(=O)OC)c1nccc(C(C)(C)C)n1. The Labute approximate surface area is 102 Å². The highest BCUT2D eigenvalue weighted by Gasteiger charge is 2.24. The Bertz CT molecular complexity index is 397. The summed E-state index contributed by atoms with van der Waals surface area (Å²) < 4.78 is 4.76. The molecule has 94 valence electrons. The Hall–Kier alpha value is -1.45. The first-order chi connectivity index (χ1) is 7.90. The van der Waals surface area contributed by atoms with Gasteiger partial charge >= 0.3 is 5.97 Å². The number of ether oxygens (including phenoxy) is 1. The Morgan fingerprint density at radius 1 is 1.47 bits per heavy atom. The fraction of sp³-hybridized carbons (Fsp3) is 0.615. The van der Waals surface area contributed by atoms with Gasteiger partial charge in [0.05, 0.1) is 7.11 Å². The van der Waals surface area contributed by atoms with Crippen molar-refractivity contribution in [2.75, 3.05) is 7.11 Å². The Kier molecular flexibility index (Phi) is 4.21. The van der Waals surface area contributed by atoms with Gasteiger partial charge in [-0.3, -0.25) is 4.79 Å². The minimum Gasteiger partial charge on any atom is -0.468 e. The molecular formula is C13H20N2O2. The lowest BCUT2D eigenvalue weighted by Crippen LogP contribution is -2.20. The Balaban J connectivity index is 3.10. The van der Waals surface area contributed by atoms with Crippen LogP contribution in [0.4, 0.5) is 0 Å². The molecule has 0 bridgehead atoms. The molecule has 4 nitrogen and oxygen atoms in total. The predicted octanol–water partition coefficient (Wildman–Crippen LogP) is 2.44. The molecule has 1 unspecified atom stereocenters. The highest BCUT2D eigenvalue weighted by molar-refractivity contribution is 5.76. The van der Waals surface area contributed by atoms with E-state index in [1.807, 2.05) is 13.0 Å². The van der Waals surface area contributed by atoms with Crippen LogP contribution in [0.25, 0.3) is 0 Å². The first-order valence-electron chi connectivity index (χ1n) is 5.81. The van der Waals surface area contributed by atoms with Crippen molar-refractivity contribution in [3.8, 4) is 0 Å². The molecule has 1 atom stereocenters. The molecule has 0 aliphatic carbocycles. The normalized spacial score (nSPS) is 13.2. The number of rotatable bonds is 3.